The van der Waals surface area contributed by atoms with Crippen LogP contribution in [-0.2, 0) is 23.8 Å². The molecule has 0 saturated carbocycles. The minimum absolute atomic E-state index is 0.137. The van der Waals surface area contributed by atoms with Crippen LogP contribution in [0.1, 0.15) is 30.2 Å². The third-order valence-electron chi connectivity index (χ3n) is 4.14. The van der Waals surface area contributed by atoms with Crippen molar-refractivity contribution in [1.82, 2.24) is 4.37 Å². The molecule has 158 valence electrons. The van der Waals surface area contributed by atoms with Gasteiger partial charge < -0.3 is 10.1 Å². The topological polar surface area (TPSA) is 51.2 Å². The molecule has 4 nitrogen and oxygen atoms in total. The zero-order valence-electron chi connectivity index (χ0n) is 15.9. The number of aryl methyl sites for hydroxylation is 1. The normalized spacial score (nSPS) is 11.4. The van der Waals surface area contributed by atoms with Crippen molar-refractivity contribution in [3.63, 3.8) is 0 Å². The highest BCUT2D eigenvalue weighted by molar-refractivity contribution is 7.11. The monoisotopic (exact) mass is 454 g/mol. The van der Waals surface area contributed by atoms with Crippen molar-refractivity contribution in [2.75, 3.05) is 5.32 Å². The van der Waals surface area contributed by atoms with E-state index in [1.54, 1.807) is 24.3 Å². The summed E-state index contributed by atoms with van der Waals surface area (Å²) in [5.74, 6) is 0.518. The average molecular weight is 455 g/mol. The Balaban J connectivity index is 1.57. The molecule has 0 fully saturated rings. The van der Waals surface area contributed by atoms with Gasteiger partial charge in [0.15, 0.2) is 0 Å². The third kappa shape index (κ3) is 5.73. The summed E-state index contributed by atoms with van der Waals surface area (Å²) in [4.78, 5) is 12.3. The number of alkyl halides is 3. The Morgan fingerprint density at radius 2 is 1.70 bits per heavy atom. The molecular formula is C21H18ClF3N2O2S. The lowest BCUT2D eigenvalue weighted by molar-refractivity contribution is -0.137. The molecule has 3 rings (SSSR count). The van der Waals surface area contributed by atoms with Crippen LogP contribution in [0.2, 0.25) is 5.02 Å². The molecule has 1 amide bonds. The maximum atomic E-state index is 12.6. The minimum Gasteiger partial charge on any atom is -0.457 e. The number of halogens is 4. The van der Waals surface area contributed by atoms with Gasteiger partial charge in [0, 0.05) is 0 Å². The molecule has 0 aliphatic rings. The summed E-state index contributed by atoms with van der Waals surface area (Å²) < 4.78 is 47.6. The van der Waals surface area contributed by atoms with Crippen molar-refractivity contribution in [3.8, 4) is 11.5 Å². The number of hydrogen-bond acceptors (Lipinski definition) is 4. The second kappa shape index (κ2) is 9.49. The third-order valence-corrected chi connectivity index (χ3v) is 5.46. The Morgan fingerprint density at radius 3 is 2.27 bits per heavy atom. The molecule has 0 unspecified atom stereocenters. The maximum Gasteiger partial charge on any atom is 0.416 e. The van der Waals surface area contributed by atoms with Crippen LogP contribution in [0.5, 0.6) is 11.5 Å². The van der Waals surface area contributed by atoms with E-state index < -0.39 is 11.7 Å². The van der Waals surface area contributed by atoms with E-state index in [1.165, 1.54) is 12.1 Å². The molecule has 0 aliphatic heterocycles. The summed E-state index contributed by atoms with van der Waals surface area (Å²) in [5, 5.41) is 3.79. The Kier molecular flexibility index (Phi) is 6.99. The van der Waals surface area contributed by atoms with E-state index in [2.05, 4.69) is 9.69 Å². The fourth-order valence-corrected chi connectivity index (χ4v) is 3.74. The summed E-state index contributed by atoms with van der Waals surface area (Å²) in [7, 11) is 0. The van der Waals surface area contributed by atoms with Crippen molar-refractivity contribution >= 4 is 34.0 Å². The van der Waals surface area contributed by atoms with Crippen molar-refractivity contribution < 1.29 is 22.7 Å². The highest BCUT2D eigenvalue weighted by atomic mass is 35.5. The first-order valence-corrected chi connectivity index (χ1v) is 10.3. The molecule has 0 bridgehead atoms. The average Bonchev–Trinajstić information content (AvgIpc) is 3.03. The number of carbonyl (C=O) groups excluding carboxylic acids is 1. The number of nitrogens with one attached hydrogen (secondary N) is 1. The van der Waals surface area contributed by atoms with Gasteiger partial charge in [0.1, 0.15) is 16.5 Å². The Morgan fingerprint density at radius 1 is 1.10 bits per heavy atom. The summed E-state index contributed by atoms with van der Waals surface area (Å²) in [6, 6.07) is 11.2. The highest BCUT2D eigenvalue weighted by Crippen LogP contribution is 2.32. The molecular weight excluding hydrogens is 437 g/mol. The molecule has 2 aromatic carbocycles. The maximum absolute atomic E-state index is 12.6. The van der Waals surface area contributed by atoms with Crippen molar-refractivity contribution in [3.05, 3.63) is 70.4 Å². The standard InChI is InChI=1S/C21H18ClF3N2O2S/c1-2-3-17-19(22)20(30-27-17)26-18(28)12-13-4-8-15(9-5-13)29-16-10-6-14(7-11-16)21(23,24)25/h4-11H,2-3,12H2,1H3,(H,26,28). The number of ether oxygens (including phenoxy) is 1. The molecule has 0 spiro atoms. The Hall–Kier alpha value is -2.58. The molecule has 30 heavy (non-hydrogen) atoms. The first-order chi connectivity index (χ1) is 14.3. The highest BCUT2D eigenvalue weighted by Gasteiger charge is 2.30. The number of amides is 1. The fraction of sp³-hybridized carbons (Fsp3) is 0.238. The fourth-order valence-electron chi connectivity index (χ4n) is 2.66. The van der Waals surface area contributed by atoms with E-state index in [9.17, 15) is 18.0 Å². The van der Waals surface area contributed by atoms with E-state index in [0.29, 0.717) is 15.8 Å². The molecule has 1 aromatic heterocycles. The first kappa shape index (κ1) is 22.1. The Labute approximate surface area is 180 Å². The molecule has 3 aromatic rings. The first-order valence-electron chi connectivity index (χ1n) is 9.14. The van der Waals surface area contributed by atoms with Gasteiger partial charge in [-0.3, -0.25) is 4.79 Å². The van der Waals surface area contributed by atoms with Gasteiger partial charge in [-0.05, 0) is 59.9 Å². The van der Waals surface area contributed by atoms with Gasteiger partial charge >= 0.3 is 6.18 Å². The van der Waals surface area contributed by atoms with Crippen LogP contribution in [0.15, 0.2) is 48.5 Å². The molecule has 1 heterocycles. The van der Waals surface area contributed by atoms with Crippen LogP contribution in [0.25, 0.3) is 0 Å². The largest absolute Gasteiger partial charge is 0.457 e. The summed E-state index contributed by atoms with van der Waals surface area (Å²) in [6.45, 7) is 2.03. The van der Waals surface area contributed by atoms with Crippen molar-refractivity contribution in [2.24, 2.45) is 0 Å². The molecule has 0 saturated heterocycles. The molecule has 1 N–H and O–H groups in total. The number of carbonyl (C=O) groups is 1. The number of nitrogens with zero attached hydrogens (tertiary/aromatic N) is 1. The van der Waals surface area contributed by atoms with Crippen molar-refractivity contribution in [1.29, 1.82) is 0 Å². The predicted molar refractivity (Wildman–Crippen MR) is 111 cm³/mol. The number of aromatic nitrogens is 1. The molecule has 0 radical (unpaired) electrons. The quantitative estimate of drug-likeness (QED) is 0.430. The lowest BCUT2D eigenvalue weighted by atomic mass is 10.1. The van der Waals surface area contributed by atoms with Gasteiger partial charge in [-0.2, -0.15) is 17.5 Å². The predicted octanol–water partition coefficient (Wildman–Crippen LogP) is 6.74. The second-order valence-electron chi connectivity index (χ2n) is 6.52. The lowest BCUT2D eigenvalue weighted by Crippen LogP contribution is -2.13. The molecule has 0 atom stereocenters. The van der Waals surface area contributed by atoms with Gasteiger partial charge in [-0.15, -0.1) is 0 Å². The number of benzene rings is 2. The van der Waals surface area contributed by atoms with Gasteiger partial charge in [0.05, 0.1) is 22.7 Å². The second-order valence-corrected chi connectivity index (χ2v) is 7.67. The van der Waals surface area contributed by atoms with E-state index in [-0.39, 0.29) is 18.1 Å². The zero-order valence-corrected chi connectivity index (χ0v) is 17.5. The SMILES string of the molecule is CCCc1nsc(NC(=O)Cc2ccc(Oc3ccc(C(F)(F)F)cc3)cc2)c1Cl. The smallest absolute Gasteiger partial charge is 0.416 e. The van der Waals surface area contributed by atoms with Gasteiger partial charge in [0.2, 0.25) is 5.91 Å². The number of hydrogen-bond donors (Lipinski definition) is 1. The minimum atomic E-state index is -4.39. The van der Waals surface area contributed by atoms with E-state index in [4.69, 9.17) is 16.3 Å². The van der Waals surface area contributed by atoms with Gasteiger partial charge in [-0.25, -0.2) is 0 Å². The zero-order chi connectivity index (χ0) is 21.7. The van der Waals surface area contributed by atoms with E-state index in [1.807, 2.05) is 6.92 Å². The Bertz CT molecular complexity index is 1000. The van der Waals surface area contributed by atoms with E-state index in [0.717, 1.165) is 47.8 Å². The van der Waals surface area contributed by atoms with Crippen LogP contribution in [0.3, 0.4) is 0 Å². The molecule has 0 aliphatic carbocycles. The number of anilines is 1. The van der Waals surface area contributed by atoms with E-state index >= 15 is 0 Å². The van der Waals surface area contributed by atoms with Crippen LogP contribution in [0.4, 0.5) is 18.2 Å². The van der Waals surface area contributed by atoms with Gasteiger partial charge in [0.25, 0.3) is 0 Å². The lowest BCUT2D eigenvalue weighted by Gasteiger charge is -2.09. The van der Waals surface area contributed by atoms with Gasteiger partial charge in [-0.1, -0.05) is 37.1 Å². The molecule has 9 heteroatoms. The summed E-state index contributed by atoms with van der Waals surface area (Å²) in [6.07, 6.45) is -2.58. The number of rotatable bonds is 7. The van der Waals surface area contributed by atoms with Crippen molar-refractivity contribution in [2.45, 2.75) is 32.4 Å². The van der Waals surface area contributed by atoms with Crippen LogP contribution in [0, 0.1) is 0 Å². The van der Waals surface area contributed by atoms with Crippen LogP contribution >= 0.6 is 23.1 Å². The summed E-state index contributed by atoms with van der Waals surface area (Å²) >= 11 is 7.39. The summed E-state index contributed by atoms with van der Waals surface area (Å²) in [5.41, 5.74) is 0.796. The van der Waals surface area contributed by atoms with Crippen LogP contribution < -0.4 is 10.1 Å². The van der Waals surface area contributed by atoms with Crippen LogP contribution in [-0.4, -0.2) is 10.3 Å².